The van der Waals surface area contributed by atoms with Gasteiger partial charge in [0.05, 0.1) is 6.10 Å². The summed E-state index contributed by atoms with van der Waals surface area (Å²) in [5, 5.41) is 11.3. The standard InChI is InChI=1S/C81H160O/c1-6-8-10-12-14-16-18-20-22-24-26-27-28-29-31-33-35-41-47-53-59-65-71-79(81(3,4)5)80(82)72-66-60-54-48-42-46-52-58-64-70-78-74-77(78)69-63-57-51-45-40-37-36-39-44-50-56-62-68-76-73-75(76)67-61-55-49-43-38-34-32-30-25-23-21-19-17-15-13-11-9-7-2/h75-80,82H,6-74H2,1-5H3/t75-,76+,77?,78+,79-,80-/m1/s1. The maximum Gasteiger partial charge on any atom is 0.0573 e. The first-order chi connectivity index (χ1) is 40.4. The van der Waals surface area contributed by atoms with E-state index in [9.17, 15) is 5.11 Å². The summed E-state index contributed by atoms with van der Waals surface area (Å²) in [6, 6.07) is 0. The Bertz CT molecular complexity index is 1210. The topological polar surface area (TPSA) is 20.2 Å². The zero-order valence-corrected chi connectivity index (χ0v) is 58.2. The Balaban J connectivity index is 1.21. The van der Waals surface area contributed by atoms with Crippen molar-refractivity contribution in [2.75, 3.05) is 0 Å². The van der Waals surface area contributed by atoms with Gasteiger partial charge in [0, 0.05) is 0 Å². The molecule has 0 amide bonds. The molecule has 82 heavy (non-hydrogen) atoms. The molecular weight excluding hydrogens is 989 g/mol. The van der Waals surface area contributed by atoms with Crippen LogP contribution >= 0.6 is 0 Å². The average Bonchev–Trinajstić information content (AvgIpc) is 4.56. The van der Waals surface area contributed by atoms with Crippen LogP contribution < -0.4 is 0 Å². The van der Waals surface area contributed by atoms with Gasteiger partial charge in [-0.3, -0.25) is 0 Å². The van der Waals surface area contributed by atoms with Crippen molar-refractivity contribution in [3.05, 3.63) is 0 Å². The van der Waals surface area contributed by atoms with Crippen molar-refractivity contribution in [2.45, 2.75) is 484 Å². The van der Waals surface area contributed by atoms with Gasteiger partial charge in [0.1, 0.15) is 0 Å². The van der Waals surface area contributed by atoms with Gasteiger partial charge >= 0.3 is 0 Å². The van der Waals surface area contributed by atoms with E-state index >= 15 is 0 Å². The second kappa shape index (κ2) is 59.9. The van der Waals surface area contributed by atoms with Crippen LogP contribution in [0, 0.1) is 35.0 Å². The van der Waals surface area contributed by atoms with Gasteiger partial charge in [-0.05, 0) is 60.7 Å². The molecule has 2 aliphatic carbocycles. The van der Waals surface area contributed by atoms with Crippen molar-refractivity contribution in [3.8, 4) is 0 Å². The summed E-state index contributed by atoms with van der Waals surface area (Å²) in [6.45, 7) is 11.7. The summed E-state index contributed by atoms with van der Waals surface area (Å²) in [5.74, 6) is 4.89. The van der Waals surface area contributed by atoms with E-state index in [0.717, 1.165) is 30.1 Å². The van der Waals surface area contributed by atoms with E-state index in [1.807, 2.05) is 0 Å². The molecule has 0 spiro atoms. The zero-order valence-electron chi connectivity index (χ0n) is 58.2. The molecule has 0 aromatic carbocycles. The smallest absolute Gasteiger partial charge is 0.0573 e. The van der Waals surface area contributed by atoms with Crippen LogP contribution in [0.2, 0.25) is 0 Å². The lowest BCUT2D eigenvalue weighted by atomic mass is 9.73. The molecule has 2 fully saturated rings. The summed E-state index contributed by atoms with van der Waals surface area (Å²) in [6.07, 6.45) is 101. The number of hydrogen-bond acceptors (Lipinski definition) is 1. The van der Waals surface area contributed by atoms with Gasteiger partial charge in [-0.15, -0.1) is 0 Å². The van der Waals surface area contributed by atoms with E-state index in [0.29, 0.717) is 5.92 Å². The summed E-state index contributed by atoms with van der Waals surface area (Å²) in [4.78, 5) is 0. The van der Waals surface area contributed by atoms with E-state index in [1.165, 1.54) is 405 Å². The van der Waals surface area contributed by atoms with Crippen LogP contribution in [0.3, 0.4) is 0 Å². The van der Waals surface area contributed by atoms with Crippen LogP contribution in [-0.2, 0) is 0 Å². The van der Waals surface area contributed by atoms with Gasteiger partial charge in [-0.25, -0.2) is 0 Å². The first kappa shape index (κ1) is 78.1. The highest BCUT2D eigenvalue weighted by atomic mass is 16.3. The lowest BCUT2D eigenvalue weighted by Crippen LogP contribution is -2.32. The van der Waals surface area contributed by atoms with Crippen LogP contribution in [0.15, 0.2) is 0 Å². The fraction of sp³-hybridized carbons (Fsp3) is 1.00. The van der Waals surface area contributed by atoms with E-state index < -0.39 is 0 Å². The Labute approximate surface area is 521 Å². The molecule has 1 heteroatoms. The summed E-state index contributed by atoms with van der Waals surface area (Å²) >= 11 is 0. The SMILES string of the molecule is CCCCCCCCCCCCCCCCCCCCCCCC[C@H]([C@H](O)CCCCCCCCCCC[C@H]1CC1CCCCCCCCCCCCCC[C@H]1C[C@H]1CCCCCCCCCCCCCCCCCCCC)C(C)(C)C. The van der Waals surface area contributed by atoms with Gasteiger partial charge in [-0.2, -0.15) is 0 Å². The first-order valence-electron chi connectivity index (χ1n) is 40.0. The number of aliphatic hydroxyl groups excluding tert-OH is 1. The van der Waals surface area contributed by atoms with Crippen molar-refractivity contribution in [1.29, 1.82) is 0 Å². The maximum atomic E-state index is 11.3. The molecule has 0 aromatic heterocycles. The fourth-order valence-corrected chi connectivity index (χ4v) is 15.3. The van der Waals surface area contributed by atoms with Crippen LogP contribution in [0.5, 0.6) is 0 Å². The highest BCUT2D eigenvalue weighted by Crippen LogP contribution is 2.47. The Kier molecular flexibility index (Phi) is 57.0. The monoisotopic (exact) mass is 1150 g/mol. The lowest BCUT2D eigenvalue weighted by molar-refractivity contribution is 0.0279. The zero-order chi connectivity index (χ0) is 58.8. The maximum absolute atomic E-state index is 11.3. The Morgan fingerprint density at radius 2 is 0.390 bits per heavy atom. The third-order valence-electron chi connectivity index (χ3n) is 21.5. The predicted molar refractivity (Wildman–Crippen MR) is 373 cm³/mol. The van der Waals surface area contributed by atoms with E-state index in [-0.39, 0.29) is 11.5 Å². The molecule has 2 saturated carbocycles. The Morgan fingerprint density at radius 1 is 0.232 bits per heavy atom. The number of rotatable bonds is 70. The first-order valence-corrected chi connectivity index (χ1v) is 40.0. The normalized spacial score (nSPS) is 17.8. The van der Waals surface area contributed by atoms with Gasteiger partial charge in [0.2, 0.25) is 0 Å². The van der Waals surface area contributed by atoms with Crippen LogP contribution in [0.4, 0.5) is 0 Å². The summed E-state index contributed by atoms with van der Waals surface area (Å²) < 4.78 is 0. The Hall–Kier alpha value is -0.0400. The lowest BCUT2D eigenvalue weighted by Gasteiger charge is -2.35. The van der Waals surface area contributed by atoms with Gasteiger partial charge < -0.3 is 5.11 Å². The van der Waals surface area contributed by atoms with E-state index in [2.05, 4.69) is 34.6 Å². The third kappa shape index (κ3) is 53.0. The van der Waals surface area contributed by atoms with Gasteiger partial charge in [0.25, 0.3) is 0 Å². The molecule has 2 rings (SSSR count). The molecule has 0 radical (unpaired) electrons. The average molecular weight is 1150 g/mol. The minimum Gasteiger partial charge on any atom is -0.393 e. The number of hydrogen-bond donors (Lipinski definition) is 1. The molecule has 0 aromatic rings. The molecule has 2 aliphatic rings. The predicted octanol–water partition coefficient (Wildman–Crippen LogP) is 29.5. The van der Waals surface area contributed by atoms with Crippen LogP contribution in [0.25, 0.3) is 0 Å². The second-order valence-corrected chi connectivity index (χ2v) is 30.6. The Morgan fingerprint density at radius 3 is 0.573 bits per heavy atom. The molecule has 6 atom stereocenters. The fourth-order valence-electron chi connectivity index (χ4n) is 15.3. The summed E-state index contributed by atoms with van der Waals surface area (Å²) in [5.41, 5.74) is 0.205. The van der Waals surface area contributed by atoms with Crippen molar-refractivity contribution < 1.29 is 5.11 Å². The third-order valence-corrected chi connectivity index (χ3v) is 21.5. The number of aliphatic hydroxyl groups is 1. The molecule has 1 nitrogen and oxygen atoms in total. The minimum absolute atomic E-state index is 0.113. The largest absolute Gasteiger partial charge is 0.393 e. The van der Waals surface area contributed by atoms with Gasteiger partial charge in [0.15, 0.2) is 0 Å². The molecule has 0 heterocycles. The van der Waals surface area contributed by atoms with Crippen molar-refractivity contribution in [3.63, 3.8) is 0 Å². The molecule has 0 bridgehead atoms. The van der Waals surface area contributed by atoms with Crippen LogP contribution in [0.1, 0.15) is 478 Å². The van der Waals surface area contributed by atoms with Crippen LogP contribution in [-0.4, -0.2) is 11.2 Å². The molecular formula is C81H160O. The van der Waals surface area contributed by atoms with Crippen molar-refractivity contribution in [1.82, 2.24) is 0 Å². The molecule has 0 aliphatic heterocycles. The highest BCUT2D eigenvalue weighted by molar-refractivity contribution is 4.87. The van der Waals surface area contributed by atoms with E-state index in [4.69, 9.17) is 0 Å². The van der Waals surface area contributed by atoms with E-state index in [1.54, 1.807) is 32.1 Å². The quantitative estimate of drug-likeness (QED) is 0.0602. The molecule has 0 saturated heterocycles. The van der Waals surface area contributed by atoms with Gasteiger partial charge in [-0.1, -0.05) is 452 Å². The molecule has 1 unspecified atom stereocenters. The highest BCUT2D eigenvalue weighted by Gasteiger charge is 2.36. The number of unbranched alkanes of at least 4 members (excludes halogenated alkanes) is 57. The second-order valence-electron chi connectivity index (χ2n) is 30.6. The minimum atomic E-state index is -0.113. The molecule has 490 valence electrons. The van der Waals surface area contributed by atoms with Crippen molar-refractivity contribution >= 4 is 0 Å². The molecule has 1 N–H and O–H groups in total. The van der Waals surface area contributed by atoms with Crippen molar-refractivity contribution in [2.24, 2.45) is 35.0 Å². The summed E-state index contributed by atoms with van der Waals surface area (Å²) in [7, 11) is 0.